The molecule has 0 bridgehead atoms. The number of benzene rings is 1. The molecule has 25 heavy (non-hydrogen) atoms. The molecule has 3 rings (SSSR count). The van der Waals surface area contributed by atoms with Crippen LogP contribution in [0.2, 0.25) is 0 Å². The van der Waals surface area contributed by atoms with Crippen molar-refractivity contribution in [3.8, 4) is 6.07 Å². The Kier molecular flexibility index (Phi) is 4.88. The molecule has 0 saturated carbocycles. The molecule has 2 N–H and O–H groups in total. The number of amidine groups is 1. The number of nitrogens with two attached hydrogens (primary N) is 1. The predicted molar refractivity (Wildman–Crippen MR) is 99.9 cm³/mol. The molecule has 0 amide bonds. The van der Waals surface area contributed by atoms with Crippen molar-refractivity contribution in [1.29, 1.82) is 5.26 Å². The van der Waals surface area contributed by atoms with Gasteiger partial charge in [-0.05, 0) is 43.3 Å². The van der Waals surface area contributed by atoms with Gasteiger partial charge in [-0.15, -0.1) is 0 Å². The van der Waals surface area contributed by atoms with E-state index in [4.69, 9.17) is 10.5 Å². The van der Waals surface area contributed by atoms with Crippen LogP contribution < -0.4 is 5.73 Å². The van der Waals surface area contributed by atoms with Gasteiger partial charge in [-0.2, -0.15) is 5.26 Å². The number of nitriles is 1. The van der Waals surface area contributed by atoms with Crippen LogP contribution in [0.15, 0.2) is 55.7 Å². The molecule has 0 radical (unpaired) electrons. The number of nitrogens with zero attached hydrogens (tertiary/aromatic N) is 3. The smallest absolute Gasteiger partial charge is 0.338 e. The molecular formula is C17H15BrN4O2S. The van der Waals surface area contributed by atoms with Crippen LogP contribution in [0.1, 0.15) is 25.5 Å². The number of hydrogen-bond donors (Lipinski definition) is 1. The maximum Gasteiger partial charge on any atom is 0.338 e. The molecule has 0 aliphatic carbocycles. The average Bonchev–Trinajstić information content (AvgIpc) is 2.90. The van der Waals surface area contributed by atoms with Crippen LogP contribution in [0.3, 0.4) is 0 Å². The lowest BCUT2D eigenvalue weighted by molar-refractivity contribution is -0.139. The fraction of sp³-hybridized carbons (Fsp3) is 0.235. The topological polar surface area (TPSA) is 91.7 Å². The molecule has 0 spiro atoms. The van der Waals surface area contributed by atoms with Crippen LogP contribution in [0.4, 0.5) is 0 Å². The molecule has 1 aromatic carbocycles. The van der Waals surface area contributed by atoms with Crippen LogP contribution in [0.5, 0.6) is 0 Å². The molecule has 1 aromatic rings. The first kappa shape index (κ1) is 17.6. The largest absolute Gasteiger partial charge is 0.463 e. The van der Waals surface area contributed by atoms with E-state index in [1.807, 2.05) is 24.3 Å². The van der Waals surface area contributed by atoms with Gasteiger partial charge in [0.2, 0.25) is 0 Å². The van der Waals surface area contributed by atoms with Crippen LogP contribution in [-0.4, -0.2) is 22.6 Å². The summed E-state index contributed by atoms with van der Waals surface area (Å²) in [7, 11) is 0. The molecular weight excluding hydrogens is 404 g/mol. The van der Waals surface area contributed by atoms with E-state index in [1.54, 1.807) is 18.7 Å². The molecule has 0 unspecified atom stereocenters. The Balaban J connectivity index is 2.18. The third kappa shape index (κ3) is 3.05. The van der Waals surface area contributed by atoms with Gasteiger partial charge in [-0.1, -0.05) is 28.1 Å². The van der Waals surface area contributed by atoms with E-state index in [0.29, 0.717) is 27.2 Å². The number of thioether (sulfide) groups is 1. The average molecular weight is 419 g/mol. The summed E-state index contributed by atoms with van der Waals surface area (Å²) in [6.45, 7) is 3.79. The number of esters is 1. The second-order valence-electron chi connectivity index (χ2n) is 5.37. The van der Waals surface area contributed by atoms with E-state index in [1.165, 1.54) is 11.8 Å². The van der Waals surface area contributed by atoms with Gasteiger partial charge in [-0.3, -0.25) is 4.90 Å². The van der Waals surface area contributed by atoms with Crippen molar-refractivity contribution in [3.63, 3.8) is 0 Å². The van der Waals surface area contributed by atoms with Gasteiger partial charge >= 0.3 is 5.97 Å². The number of aliphatic imine (C=N–C) groups is 1. The lowest BCUT2D eigenvalue weighted by atomic mass is 9.94. The van der Waals surface area contributed by atoms with Crippen molar-refractivity contribution >= 4 is 38.8 Å². The molecule has 0 fully saturated rings. The maximum atomic E-state index is 12.6. The minimum absolute atomic E-state index is 0.267. The van der Waals surface area contributed by atoms with Crippen LogP contribution in [-0.2, 0) is 9.53 Å². The van der Waals surface area contributed by atoms with Crippen molar-refractivity contribution in [3.05, 3.63) is 56.3 Å². The maximum absolute atomic E-state index is 12.6. The van der Waals surface area contributed by atoms with Crippen molar-refractivity contribution < 1.29 is 9.53 Å². The molecule has 128 valence electrons. The van der Waals surface area contributed by atoms with Gasteiger partial charge in [0, 0.05) is 4.47 Å². The molecule has 2 aliphatic rings. The zero-order valence-corrected chi connectivity index (χ0v) is 16.0. The predicted octanol–water partition coefficient (Wildman–Crippen LogP) is 3.40. The van der Waals surface area contributed by atoms with Gasteiger partial charge in [0.15, 0.2) is 5.17 Å². The number of allylic oxidation sites excluding steroid dienone is 2. The summed E-state index contributed by atoms with van der Waals surface area (Å²) in [4.78, 5) is 19.2. The number of carbonyl (C=O) groups excluding carboxylic acids is 1. The third-order valence-electron chi connectivity index (χ3n) is 3.86. The Hall–Kier alpha value is -2.24. The quantitative estimate of drug-likeness (QED) is 0.756. The standard InChI is InChI=1S/C17H15BrN4O2S/c1-3-24-16(23)13-9(2)21-17-22(15(20)12(8-19)25-17)14(13)10-4-6-11(18)7-5-10/h4-7,14H,3,20H2,1-2H3/t14-/m0/s1. The normalized spacial score (nSPS) is 19.5. The summed E-state index contributed by atoms with van der Waals surface area (Å²) in [6, 6.07) is 9.21. The lowest BCUT2D eigenvalue weighted by Gasteiger charge is -2.34. The van der Waals surface area contributed by atoms with Crippen LogP contribution >= 0.6 is 27.7 Å². The SMILES string of the molecule is CCOC(=O)C1=C(C)N=C2SC(C#N)=C(N)N2[C@H]1c1ccc(Br)cc1. The highest BCUT2D eigenvalue weighted by molar-refractivity contribution is 9.10. The molecule has 2 heterocycles. The summed E-state index contributed by atoms with van der Waals surface area (Å²) >= 11 is 4.63. The minimum Gasteiger partial charge on any atom is -0.463 e. The monoisotopic (exact) mass is 418 g/mol. The van der Waals surface area contributed by atoms with E-state index in [0.717, 1.165) is 10.0 Å². The zero-order chi connectivity index (χ0) is 18.1. The molecule has 8 heteroatoms. The number of halogens is 1. The first-order chi connectivity index (χ1) is 12.0. The highest BCUT2D eigenvalue weighted by Crippen LogP contribution is 2.45. The van der Waals surface area contributed by atoms with Gasteiger partial charge in [0.1, 0.15) is 16.8 Å². The van der Waals surface area contributed by atoms with E-state index in [-0.39, 0.29) is 6.61 Å². The van der Waals surface area contributed by atoms with Crippen molar-refractivity contribution in [2.75, 3.05) is 6.61 Å². The second kappa shape index (κ2) is 6.94. The number of fused-ring (bicyclic) bond motifs is 1. The van der Waals surface area contributed by atoms with E-state index >= 15 is 0 Å². The molecule has 2 aliphatic heterocycles. The zero-order valence-electron chi connectivity index (χ0n) is 13.6. The van der Waals surface area contributed by atoms with E-state index < -0.39 is 12.0 Å². The third-order valence-corrected chi connectivity index (χ3v) is 5.36. The summed E-state index contributed by atoms with van der Waals surface area (Å²) in [5.41, 5.74) is 8.04. The number of hydrogen-bond acceptors (Lipinski definition) is 7. The summed E-state index contributed by atoms with van der Waals surface area (Å²) in [5, 5.41) is 9.89. The fourth-order valence-electron chi connectivity index (χ4n) is 2.77. The van der Waals surface area contributed by atoms with E-state index in [2.05, 4.69) is 27.0 Å². The number of rotatable bonds is 3. The fourth-order valence-corrected chi connectivity index (χ4v) is 3.95. The van der Waals surface area contributed by atoms with Gasteiger partial charge in [0.05, 0.1) is 23.9 Å². The van der Waals surface area contributed by atoms with Crippen molar-refractivity contribution in [2.24, 2.45) is 10.7 Å². The minimum atomic E-state index is -0.488. The summed E-state index contributed by atoms with van der Waals surface area (Å²) < 4.78 is 6.16. The summed E-state index contributed by atoms with van der Waals surface area (Å²) in [5.74, 6) is -0.132. The first-order valence-corrected chi connectivity index (χ1v) is 9.17. The molecule has 0 aromatic heterocycles. The Bertz CT molecular complexity index is 868. The Morgan fingerprint density at radius 1 is 1.48 bits per heavy atom. The number of carbonyl (C=O) groups is 1. The van der Waals surface area contributed by atoms with Crippen LogP contribution in [0, 0.1) is 11.3 Å². The number of ether oxygens (including phenoxy) is 1. The molecule has 0 saturated heterocycles. The molecule has 1 atom stereocenters. The lowest BCUT2D eigenvalue weighted by Crippen LogP contribution is -2.38. The highest BCUT2D eigenvalue weighted by atomic mass is 79.9. The first-order valence-electron chi connectivity index (χ1n) is 7.56. The van der Waals surface area contributed by atoms with Gasteiger partial charge < -0.3 is 10.5 Å². The van der Waals surface area contributed by atoms with Crippen LogP contribution in [0.25, 0.3) is 0 Å². The Morgan fingerprint density at radius 3 is 2.76 bits per heavy atom. The highest BCUT2D eigenvalue weighted by Gasteiger charge is 2.42. The molecule has 6 nitrogen and oxygen atoms in total. The Labute approximate surface area is 158 Å². The summed E-state index contributed by atoms with van der Waals surface area (Å²) in [6.07, 6.45) is 0. The van der Waals surface area contributed by atoms with Gasteiger partial charge in [0.25, 0.3) is 0 Å². The van der Waals surface area contributed by atoms with E-state index in [9.17, 15) is 10.1 Å². The Morgan fingerprint density at radius 2 is 2.16 bits per heavy atom. The second-order valence-corrected chi connectivity index (χ2v) is 7.26. The van der Waals surface area contributed by atoms with Crippen molar-refractivity contribution in [1.82, 2.24) is 4.90 Å². The van der Waals surface area contributed by atoms with Gasteiger partial charge in [-0.25, -0.2) is 9.79 Å². The van der Waals surface area contributed by atoms with Crippen molar-refractivity contribution in [2.45, 2.75) is 19.9 Å².